The molecular weight excluding hydrogens is 400 g/mol. The Morgan fingerprint density at radius 1 is 1.27 bits per heavy atom. The molecule has 1 atom stereocenters. The van der Waals surface area contributed by atoms with Crippen LogP contribution in [0.3, 0.4) is 0 Å². The lowest BCUT2D eigenvalue weighted by atomic mass is 10.2. The zero-order valence-corrected chi connectivity index (χ0v) is 15.5. The Morgan fingerprint density at radius 2 is 2.03 bits per heavy atom. The molecule has 156 valence electrons. The van der Waals surface area contributed by atoms with Gasteiger partial charge in [-0.1, -0.05) is 0 Å². The molecule has 1 aromatic carbocycles. The molecule has 1 fully saturated rings. The van der Waals surface area contributed by atoms with Crippen LogP contribution in [0.1, 0.15) is 20.8 Å². The number of pyridine rings is 1. The molecule has 1 aromatic heterocycles. The van der Waals surface area contributed by atoms with Gasteiger partial charge in [0.1, 0.15) is 6.17 Å². The Balaban J connectivity index is 1.48. The molecule has 0 aliphatic carbocycles. The van der Waals surface area contributed by atoms with Crippen LogP contribution in [0.15, 0.2) is 41.3 Å². The van der Waals surface area contributed by atoms with Crippen LogP contribution in [0.5, 0.6) is 5.75 Å². The summed E-state index contributed by atoms with van der Waals surface area (Å²) in [5.74, 6) is -1.46. The highest BCUT2D eigenvalue weighted by Gasteiger charge is 2.37. The number of ether oxygens (including phenoxy) is 3. The molecule has 12 heteroatoms. The Bertz CT molecular complexity index is 1060. The largest absolute Gasteiger partial charge is 0.451 e. The fourth-order valence-corrected chi connectivity index (χ4v) is 3.16. The zero-order chi connectivity index (χ0) is 21.3. The van der Waals surface area contributed by atoms with Crippen LogP contribution in [0.4, 0.5) is 5.69 Å². The predicted octanol–water partition coefficient (Wildman–Crippen LogP) is 0.305. The SMILES string of the molecule is O=C(OCOc1c2n(ccc1=O)N[C@@H]1COCCN1C2=O)c1ccc([N+](=O)[O-])cc1. The second kappa shape index (κ2) is 7.83. The third-order valence-electron chi connectivity index (χ3n) is 4.64. The Labute approximate surface area is 168 Å². The first kappa shape index (κ1) is 19.4. The summed E-state index contributed by atoms with van der Waals surface area (Å²) < 4.78 is 17.0. The maximum absolute atomic E-state index is 12.9. The summed E-state index contributed by atoms with van der Waals surface area (Å²) in [6.45, 7) is 0.417. The molecule has 0 spiro atoms. The number of amides is 1. The summed E-state index contributed by atoms with van der Waals surface area (Å²) in [5.41, 5.74) is 2.40. The van der Waals surface area contributed by atoms with Crippen LogP contribution in [-0.4, -0.2) is 59.1 Å². The van der Waals surface area contributed by atoms with Gasteiger partial charge in [-0.25, -0.2) is 4.79 Å². The van der Waals surface area contributed by atoms with E-state index in [2.05, 4.69) is 5.43 Å². The van der Waals surface area contributed by atoms with Crippen molar-refractivity contribution in [1.29, 1.82) is 0 Å². The first-order chi connectivity index (χ1) is 14.5. The van der Waals surface area contributed by atoms with Crippen LogP contribution in [0, 0.1) is 10.1 Å². The van der Waals surface area contributed by atoms with Crippen LogP contribution in [0.2, 0.25) is 0 Å². The van der Waals surface area contributed by atoms with Gasteiger partial charge in [0.2, 0.25) is 18.0 Å². The number of benzene rings is 1. The molecule has 2 aliphatic heterocycles. The van der Waals surface area contributed by atoms with Crippen molar-refractivity contribution in [3.63, 3.8) is 0 Å². The number of nitrogens with one attached hydrogen (secondary N) is 1. The highest BCUT2D eigenvalue weighted by molar-refractivity contribution is 5.96. The standard InChI is InChI=1S/C18H16N4O8/c23-13-5-6-21-15(17(24)20-7-8-28-9-14(20)19-21)16(13)29-10-30-18(25)11-1-3-12(4-2-11)22(26)27/h1-6,14,19H,7-10H2/t14-/m0/s1. The molecule has 3 heterocycles. The minimum atomic E-state index is -0.799. The Morgan fingerprint density at radius 3 is 2.77 bits per heavy atom. The highest BCUT2D eigenvalue weighted by Crippen LogP contribution is 2.22. The predicted molar refractivity (Wildman–Crippen MR) is 99.7 cm³/mol. The molecule has 30 heavy (non-hydrogen) atoms. The van der Waals surface area contributed by atoms with Gasteiger partial charge < -0.3 is 24.5 Å². The van der Waals surface area contributed by atoms with E-state index in [-0.39, 0.29) is 28.9 Å². The number of aromatic nitrogens is 1. The van der Waals surface area contributed by atoms with Crippen LogP contribution in [0.25, 0.3) is 0 Å². The monoisotopic (exact) mass is 416 g/mol. The molecular formula is C18H16N4O8. The molecule has 1 amide bonds. The number of carbonyl (C=O) groups excluding carboxylic acids is 2. The number of nitrogens with zero attached hydrogens (tertiary/aromatic N) is 3. The number of nitro groups is 1. The number of morpholine rings is 1. The topological polar surface area (TPSA) is 142 Å². The molecule has 12 nitrogen and oxygen atoms in total. The Hall–Kier alpha value is -3.93. The molecule has 1 saturated heterocycles. The summed E-state index contributed by atoms with van der Waals surface area (Å²) in [7, 11) is 0. The van der Waals surface area contributed by atoms with Gasteiger partial charge in [-0.3, -0.25) is 24.4 Å². The quantitative estimate of drug-likeness (QED) is 0.315. The maximum atomic E-state index is 12.9. The van der Waals surface area contributed by atoms with E-state index in [4.69, 9.17) is 14.2 Å². The van der Waals surface area contributed by atoms with E-state index in [1.807, 2.05) is 0 Å². The van der Waals surface area contributed by atoms with Gasteiger partial charge in [-0.05, 0) is 12.1 Å². The molecule has 0 saturated carbocycles. The minimum absolute atomic E-state index is 0.00738. The number of esters is 1. The summed E-state index contributed by atoms with van der Waals surface area (Å²) >= 11 is 0. The van der Waals surface area contributed by atoms with Crippen molar-refractivity contribution in [3.05, 3.63) is 68.1 Å². The van der Waals surface area contributed by atoms with E-state index in [0.29, 0.717) is 19.8 Å². The highest BCUT2D eigenvalue weighted by atomic mass is 16.7. The lowest BCUT2D eigenvalue weighted by Gasteiger charge is -2.41. The zero-order valence-electron chi connectivity index (χ0n) is 15.5. The third-order valence-corrected chi connectivity index (χ3v) is 4.64. The lowest BCUT2D eigenvalue weighted by Crippen LogP contribution is -2.59. The van der Waals surface area contributed by atoms with Gasteiger partial charge in [0.25, 0.3) is 11.6 Å². The van der Waals surface area contributed by atoms with Crippen molar-refractivity contribution >= 4 is 17.6 Å². The van der Waals surface area contributed by atoms with E-state index in [9.17, 15) is 24.5 Å². The van der Waals surface area contributed by atoms with E-state index in [1.54, 1.807) is 0 Å². The molecule has 4 rings (SSSR count). The molecule has 1 N–H and O–H groups in total. The van der Waals surface area contributed by atoms with Crippen molar-refractivity contribution in [3.8, 4) is 5.75 Å². The van der Waals surface area contributed by atoms with E-state index >= 15 is 0 Å². The van der Waals surface area contributed by atoms with E-state index in [1.165, 1.54) is 46.1 Å². The average Bonchev–Trinajstić information content (AvgIpc) is 2.75. The number of hydrogen-bond acceptors (Lipinski definition) is 9. The summed E-state index contributed by atoms with van der Waals surface area (Å²) in [6, 6.07) is 6.04. The first-order valence-electron chi connectivity index (χ1n) is 8.91. The van der Waals surface area contributed by atoms with Crippen molar-refractivity contribution in [2.75, 3.05) is 32.0 Å². The summed E-state index contributed by atoms with van der Waals surface area (Å²) in [6.07, 6.45) is 1.05. The summed E-state index contributed by atoms with van der Waals surface area (Å²) in [4.78, 5) is 48.8. The smallest absolute Gasteiger partial charge is 0.341 e. The number of nitro benzene ring substituents is 1. The fourth-order valence-electron chi connectivity index (χ4n) is 3.16. The van der Waals surface area contributed by atoms with Gasteiger partial charge in [0, 0.05) is 30.9 Å². The van der Waals surface area contributed by atoms with Crippen molar-refractivity contribution < 1.29 is 28.7 Å². The molecule has 2 aliphatic rings. The van der Waals surface area contributed by atoms with Gasteiger partial charge >= 0.3 is 5.97 Å². The second-order valence-corrected chi connectivity index (χ2v) is 6.44. The molecule has 0 unspecified atom stereocenters. The third kappa shape index (κ3) is 3.55. The van der Waals surface area contributed by atoms with E-state index < -0.39 is 29.0 Å². The molecule has 0 radical (unpaired) electrons. The van der Waals surface area contributed by atoms with Gasteiger partial charge in [0.15, 0.2) is 5.69 Å². The lowest BCUT2D eigenvalue weighted by molar-refractivity contribution is -0.384. The fraction of sp³-hybridized carbons (Fsp3) is 0.278. The van der Waals surface area contributed by atoms with Crippen LogP contribution in [-0.2, 0) is 9.47 Å². The van der Waals surface area contributed by atoms with Crippen LogP contribution >= 0.6 is 0 Å². The van der Waals surface area contributed by atoms with E-state index in [0.717, 1.165) is 0 Å². The van der Waals surface area contributed by atoms with Crippen molar-refractivity contribution in [1.82, 2.24) is 9.58 Å². The number of fused-ring (bicyclic) bond motifs is 2. The van der Waals surface area contributed by atoms with Crippen molar-refractivity contribution in [2.24, 2.45) is 0 Å². The molecule has 2 aromatic rings. The minimum Gasteiger partial charge on any atom is -0.451 e. The maximum Gasteiger partial charge on any atom is 0.341 e. The van der Waals surface area contributed by atoms with Gasteiger partial charge in [-0.2, -0.15) is 0 Å². The number of carbonyl (C=O) groups is 2. The van der Waals surface area contributed by atoms with Gasteiger partial charge in [-0.15, -0.1) is 0 Å². The first-order valence-corrected chi connectivity index (χ1v) is 8.91. The number of hydrogen-bond donors (Lipinski definition) is 1. The van der Waals surface area contributed by atoms with Gasteiger partial charge in [0.05, 0.1) is 23.7 Å². The average molecular weight is 416 g/mol. The summed E-state index contributed by atoms with van der Waals surface area (Å²) in [5, 5.41) is 10.7. The normalized spacial score (nSPS) is 17.4. The number of non-ortho nitro benzene ring substituents is 1. The van der Waals surface area contributed by atoms with Crippen LogP contribution < -0.4 is 15.6 Å². The number of rotatable bonds is 5. The van der Waals surface area contributed by atoms with Crippen molar-refractivity contribution in [2.45, 2.75) is 6.17 Å². The molecule has 0 bridgehead atoms. The Kier molecular flexibility index (Phi) is 5.06. The second-order valence-electron chi connectivity index (χ2n) is 6.44.